The molecule has 3 fully saturated rings. The molecule has 12 aromatic carbocycles. The second kappa shape index (κ2) is 6.44. The van der Waals surface area contributed by atoms with Gasteiger partial charge in [-0.2, -0.15) is 0 Å². The highest BCUT2D eigenvalue weighted by Crippen LogP contribution is 3.00. The van der Waals surface area contributed by atoms with Crippen molar-refractivity contribution in [2.75, 3.05) is 53.4 Å². The monoisotopic (exact) mass is 904 g/mol. The predicted octanol–water partition coefficient (Wildman–Crippen LogP) is 13.1. The zero-order valence-corrected chi connectivity index (χ0v) is 40.1. The van der Waals surface area contributed by atoms with E-state index in [0.717, 1.165) is 0 Å². The molecule has 2 saturated carbocycles. The maximum absolute atomic E-state index is 2.78. The number of fused-ring (bicyclic) bond motifs is 2. The van der Waals surface area contributed by atoms with Crippen molar-refractivity contribution in [3.8, 4) is 0 Å². The van der Waals surface area contributed by atoms with Crippen LogP contribution >= 0.6 is 0 Å². The third kappa shape index (κ3) is 1.53. The molecule has 1 saturated heterocycles. The average molecular weight is 905 g/mol. The Hall–Kier alpha value is -5.80. The van der Waals surface area contributed by atoms with Gasteiger partial charge in [-0.1, -0.05) is 0 Å². The van der Waals surface area contributed by atoms with Crippen LogP contribution < -0.4 is 0 Å². The number of hydrogen-bond donors (Lipinski definition) is 0. The first-order chi connectivity index (χ1) is 35.4. The zero-order valence-electron chi connectivity index (χ0n) is 40.1. The lowest BCUT2D eigenvalue weighted by Gasteiger charge is -2.63. The van der Waals surface area contributed by atoms with Gasteiger partial charge >= 0.3 is 0 Å². The summed E-state index contributed by atoms with van der Waals surface area (Å²) in [6, 6.07) is 0. The van der Waals surface area contributed by atoms with Gasteiger partial charge in [0.05, 0.1) is 75.0 Å². The first kappa shape index (κ1) is 29.2. The smallest absolute Gasteiger partial charge is 0.0930 e. The molecule has 2 nitrogen and oxygen atoms in total. The molecule has 35 rings (SSSR count). The van der Waals surface area contributed by atoms with Crippen LogP contribution in [0.2, 0.25) is 0 Å². The van der Waals surface area contributed by atoms with E-state index in [2.05, 4.69) is 72.5 Å². The van der Waals surface area contributed by atoms with Crippen LogP contribution in [0.4, 0.5) is 0 Å². The summed E-state index contributed by atoms with van der Waals surface area (Å²) in [5, 5.41) is 40.5. The van der Waals surface area contributed by atoms with Gasteiger partial charge in [-0.05, 0) is 261 Å². The average Bonchev–Trinajstić information content (AvgIpc) is 4.31. The van der Waals surface area contributed by atoms with E-state index in [0.29, 0.717) is 71.0 Å². The molecular formula is C70H36N2+2. The van der Waals surface area contributed by atoms with Gasteiger partial charge in [-0.25, -0.2) is 0 Å². The maximum Gasteiger partial charge on any atom is 0.0930 e. The highest BCUT2D eigenvalue weighted by molar-refractivity contribution is 6.65. The molecule has 3 aliphatic heterocycles. The molecule has 0 amide bonds. The summed E-state index contributed by atoms with van der Waals surface area (Å²) in [7, 11) is 5.56. The number of likely N-dealkylation sites (tertiary alicyclic amines) is 1. The number of allylic oxidation sites excluding steroid dienone is 4. The molecule has 23 aliphatic rings. The fourth-order valence-corrected chi connectivity index (χ4v) is 33.1. The SMILES string of the molecule is CC[N+]1(CC)CC23C4=C5C6C7=C8C9=C%10c%11c(c%12c%13c%14c%11C%11c%15c%16c%17c%18c%19c%20c%21c%22c%23c%24c%25c(c4c4c%26c%27c(c%13c%13c(c%15%14)c%17c%14c(c%22%18)c%23c(c%25%26)c%27c%13%14)C%12C42)C24C[N+](C)(C)CC52C7=C(C%21C%244)C%20C8(C1)C(C%19%16)C9%11)C3C%106. The van der Waals surface area contributed by atoms with E-state index in [1.54, 1.807) is 21.5 Å². The Bertz CT molecular complexity index is 5910. The van der Waals surface area contributed by atoms with Gasteiger partial charge in [0.1, 0.15) is 0 Å². The van der Waals surface area contributed by atoms with Gasteiger partial charge in [-0.3, -0.25) is 0 Å². The van der Waals surface area contributed by atoms with E-state index in [4.69, 9.17) is 0 Å². The normalized spacial score (nSPS) is 46.2. The van der Waals surface area contributed by atoms with E-state index in [1.807, 2.05) is 175 Å². The van der Waals surface area contributed by atoms with Crippen LogP contribution in [0.5, 0.6) is 0 Å². The summed E-state index contributed by atoms with van der Waals surface area (Å²) in [4.78, 5) is 0. The number of benzene rings is 9. The number of nitrogens with zero attached hydrogens (tertiary/aromatic N) is 2. The minimum Gasteiger partial charge on any atom is -0.327 e. The van der Waals surface area contributed by atoms with E-state index in [1.165, 1.54) is 48.2 Å². The van der Waals surface area contributed by atoms with E-state index >= 15 is 0 Å². The quantitative estimate of drug-likeness (QED) is 0.120. The number of rotatable bonds is 2. The Morgan fingerprint density at radius 1 is 0.403 bits per heavy atom. The van der Waals surface area contributed by atoms with Crippen molar-refractivity contribution in [1.29, 1.82) is 0 Å². The minimum atomic E-state index is 0.0944. The van der Waals surface area contributed by atoms with Crippen LogP contribution in [-0.4, -0.2) is 62.3 Å². The summed E-state index contributed by atoms with van der Waals surface area (Å²) < 4.78 is 2.54. The topological polar surface area (TPSA) is 0 Å². The summed E-state index contributed by atoms with van der Waals surface area (Å²) in [5.41, 5.74) is 45.2. The van der Waals surface area contributed by atoms with Crippen LogP contribution in [0.25, 0.3) is 130 Å². The van der Waals surface area contributed by atoms with Crippen molar-refractivity contribution >= 4 is 130 Å². The largest absolute Gasteiger partial charge is 0.327 e. The Morgan fingerprint density at radius 3 is 1.76 bits per heavy atom. The molecule has 4 spiro atoms. The fourth-order valence-electron chi connectivity index (χ4n) is 33.1. The Balaban J connectivity index is 1.09. The number of hydrogen-bond acceptors (Lipinski definition) is 0. The predicted molar refractivity (Wildman–Crippen MR) is 280 cm³/mol. The third-order valence-electron chi connectivity index (χ3n) is 31.8. The van der Waals surface area contributed by atoms with Crippen LogP contribution in [-0.2, 0) is 5.41 Å². The number of likely N-dealkylation sites (N-methyl/N-ethyl adjacent to an activating group) is 1. The molecule has 3 heterocycles. The Kier molecular flexibility index (Phi) is 2.61. The van der Waals surface area contributed by atoms with Crippen molar-refractivity contribution in [2.45, 2.75) is 66.6 Å². The highest BCUT2D eigenvalue weighted by atomic mass is 15.4. The van der Waals surface area contributed by atoms with Crippen LogP contribution in [0.1, 0.15) is 139 Å². The lowest BCUT2D eigenvalue weighted by molar-refractivity contribution is -0.936. The summed E-state index contributed by atoms with van der Waals surface area (Å²) in [6.45, 7) is 13.6. The molecule has 72 heavy (non-hydrogen) atoms. The first-order valence-corrected chi connectivity index (χ1v) is 29.6. The van der Waals surface area contributed by atoms with Crippen molar-refractivity contribution in [1.82, 2.24) is 0 Å². The van der Waals surface area contributed by atoms with Gasteiger partial charge < -0.3 is 8.97 Å². The molecule has 0 aromatic heterocycles. The first-order valence-electron chi connectivity index (χ1n) is 29.6. The molecule has 16 atom stereocenters. The van der Waals surface area contributed by atoms with Crippen LogP contribution in [0, 0.1) is 39.9 Å². The molecule has 16 unspecified atom stereocenters. The molecule has 12 aromatic rings. The van der Waals surface area contributed by atoms with E-state index in [-0.39, 0.29) is 21.7 Å². The van der Waals surface area contributed by atoms with Crippen molar-refractivity contribution < 1.29 is 8.97 Å². The van der Waals surface area contributed by atoms with Crippen molar-refractivity contribution in [2.24, 2.45) is 39.9 Å². The number of quaternary nitrogens is 2. The van der Waals surface area contributed by atoms with Gasteiger partial charge in [0, 0.05) is 65.1 Å². The minimum absolute atomic E-state index is 0.0944. The van der Waals surface area contributed by atoms with Gasteiger partial charge in [0.25, 0.3) is 0 Å². The Labute approximate surface area is 407 Å². The van der Waals surface area contributed by atoms with E-state index < -0.39 is 0 Å². The lowest BCUT2D eigenvalue weighted by Crippen LogP contribution is -2.65. The van der Waals surface area contributed by atoms with Crippen molar-refractivity contribution in [3.63, 3.8) is 0 Å². The lowest BCUT2D eigenvalue weighted by atomic mass is 9.40. The fraction of sp³-hybridized carbons (Fsp3) is 0.371. The standard InChI is InChI=1S/C70H36N2/c1-5-72(6-2)7-67-57-42-31-24-14-11-12-15-13(14)17-19-25-23(15)32-28-18(12)22-21-16(11)20-26(24)39(42)45-40-30(20)34(21)49-50-35(22)36(28)51-56-63(50)69-9-71(3,4)10-70(69)64(54(60(45)67)52(40)62(49)69)55-53-48-41-37(29(19)33(27(17)31)46(57)47(41)61(55)67)44-38(25)43(32)59(51)68(8-72,58(44)48)65(56)66(53)70/h33,42-43,46,48,52-53,57-60,62H,5-10H2,1-4H3/q+2. The van der Waals surface area contributed by atoms with Gasteiger partial charge in [0.2, 0.25) is 0 Å². The molecule has 324 valence electrons. The molecule has 10 bridgehead atoms. The van der Waals surface area contributed by atoms with E-state index in [9.17, 15) is 0 Å². The maximum atomic E-state index is 2.78. The summed E-state index contributed by atoms with van der Waals surface area (Å²) >= 11 is 0. The molecule has 20 aliphatic carbocycles. The zero-order chi connectivity index (χ0) is 43.6. The second-order valence-corrected chi connectivity index (χ2v) is 31.5. The highest BCUT2D eigenvalue weighted by Gasteiger charge is 2.92. The molecule has 2 heteroatoms. The summed E-state index contributed by atoms with van der Waals surface area (Å²) in [5.74, 6) is 7.01. The summed E-state index contributed by atoms with van der Waals surface area (Å²) in [6.07, 6.45) is 0. The van der Waals surface area contributed by atoms with Crippen LogP contribution in [0.3, 0.4) is 0 Å². The Morgan fingerprint density at radius 2 is 1.00 bits per heavy atom. The van der Waals surface area contributed by atoms with Crippen molar-refractivity contribution in [3.05, 3.63) is 111 Å². The molecule has 0 radical (unpaired) electrons. The van der Waals surface area contributed by atoms with Gasteiger partial charge in [-0.15, -0.1) is 0 Å². The third-order valence-corrected chi connectivity index (χ3v) is 31.8. The second-order valence-electron chi connectivity index (χ2n) is 31.5. The molecular weight excluding hydrogens is 869 g/mol. The molecule has 0 N–H and O–H groups in total. The van der Waals surface area contributed by atoms with Crippen LogP contribution in [0.15, 0.2) is 33.4 Å². The van der Waals surface area contributed by atoms with Gasteiger partial charge in [0.15, 0.2) is 0 Å².